The number of anilines is 2. The van der Waals surface area contributed by atoms with E-state index in [1.165, 1.54) is 11.1 Å². The number of aromatic nitrogens is 4. The molecule has 0 spiro atoms. The summed E-state index contributed by atoms with van der Waals surface area (Å²) in [6.45, 7) is 5.31. The number of carbonyl (C=O) groups is 1. The highest BCUT2D eigenvalue weighted by atomic mass is 16.5. The molecule has 0 aliphatic carbocycles. The Balaban J connectivity index is 1.46. The second kappa shape index (κ2) is 8.05. The lowest BCUT2D eigenvalue weighted by atomic mass is 10.1. The Morgan fingerprint density at radius 1 is 1.16 bits per heavy atom. The van der Waals surface area contributed by atoms with Gasteiger partial charge < -0.3 is 14.5 Å². The minimum Gasteiger partial charge on any atom is -0.488 e. The standard InChI is InChI=1S/C22H26N6O3/c1-2-7-28-22(30)27-10-6-17(14-19(27)24-28)26-11-12-31-18-13-16(15-23-20(18)26)21(29)25-8-4-3-5-9-25/h6,10,13-15H,2-5,7-9,11-12H2,1H3. The maximum atomic E-state index is 12.8. The number of hydrogen-bond acceptors (Lipinski definition) is 6. The zero-order chi connectivity index (χ0) is 21.4. The lowest BCUT2D eigenvalue weighted by Crippen LogP contribution is -2.36. The first-order valence-electron chi connectivity index (χ1n) is 10.9. The molecular formula is C22H26N6O3. The van der Waals surface area contributed by atoms with Gasteiger partial charge in [-0.05, 0) is 37.8 Å². The molecule has 1 fully saturated rings. The van der Waals surface area contributed by atoms with Crippen molar-refractivity contribution in [2.45, 2.75) is 39.2 Å². The number of nitrogens with zero attached hydrogens (tertiary/aromatic N) is 6. The molecule has 5 heterocycles. The first-order chi connectivity index (χ1) is 15.2. The molecule has 1 saturated heterocycles. The fourth-order valence-corrected chi connectivity index (χ4v) is 4.28. The molecule has 0 radical (unpaired) electrons. The highest BCUT2D eigenvalue weighted by molar-refractivity contribution is 5.95. The normalized spacial score (nSPS) is 16.3. The van der Waals surface area contributed by atoms with Crippen LogP contribution >= 0.6 is 0 Å². The smallest absolute Gasteiger partial charge is 0.350 e. The monoisotopic (exact) mass is 422 g/mol. The van der Waals surface area contributed by atoms with Crippen molar-refractivity contribution >= 4 is 23.1 Å². The van der Waals surface area contributed by atoms with Crippen LogP contribution in [0, 0.1) is 0 Å². The van der Waals surface area contributed by atoms with E-state index in [1.807, 2.05) is 28.9 Å². The van der Waals surface area contributed by atoms with Gasteiger partial charge in [-0.3, -0.25) is 9.20 Å². The number of rotatable bonds is 4. The van der Waals surface area contributed by atoms with Crippen LogP contribution in [0.25, 0.3) is 5.65 Å². The molecule has 5 rings (SSSR count). The fourth-order valence-electron chi connectivity index (χ4n) is 4.28. The third-order valence-electron chi connectivity index (χ3n) is 5.87. The number of fused-ring (bicyclic) bond motifs is 2. The average Bonchev–Trinajstić information content (AvgIpc) is 3.13. The summed E-state index contributed by atoms with van der Waals surface area (Å²) in [7, 11) is 0. The molecule has 0 atom stereocenters. The first-order valence-corrected chi connectivity index (χ1v) is 10.9. The summed E-state index contributed by atoms with van der Waals surface area (Å²) < 4.78 is 8.89. The summed E-state index contributed by atoms with van der Waals surface area (Å²) in [6, 6.07) is 5.57. The Morgan fingerprint density at radius 3 is 2.81 bits per heavy atom. The van der Waals surface area contributed by atoms with Gasteiger partial charge in [-0.1, -0.05) is 6.92 Å². The molecule has 2 aliphatic heterocycles. The van der Waals surface area contributed by atoms with Crippen molar-refractivity contribution in [2.24, 2.45) is 0 Å². The van der Waals surface area contributed by atoms with E-state index >= 15 is 0 Å². The summed E-state index contributed by atoms with van der Waals surface area (Å²) in [5.41, 5.74) is 1.90. The summed E-state index contributed by atoms with van der Waals surface area (Å²) in [4.78, 5) is 33.8. The molecule has 0 unspecified atom stereocenters. The van der Waals surface area contributed by atoms with Gasteiger partial charge in [-0.15, -0.1) is 5.10 Å². The third kappa shape index (κ3) is 3.54. The number of pyridine rings is 2. The van der Waals surface area contributed by atoms with E-state index in [9.17, 15) is 9.59 Å². The maximum absolute atomic E-state index is 12.8. The number of ether oxygens (including phenoxy) is 1. The Hall–Kier alpha value is -3.36. The highest BCUT2D eigenvalue weighted by Crippen LogP contribution is 2.35. The molecule has 3 aromatic heterocycles. The topological polar surface area (TPSA) is 85.0 Å². The van der Waals surface area contributed by atoms with Crippen LogP contribution in [0.1, 0.15) is 43.0 Å². The van der Waals surface area contributed by atoms with Crippen LogP contribution in [0.15, 0.2) is 35.4 Å². The number of aryl methyl sites for hydroxylation is 1. The van der Waals surface area contributed by atoms with Gasteiger partial charge >= 0.3 is 5.69 Å². The predicted molar refractivity (Wildman–Crippen MR) is 116 cm³/mol. The fraction of sp³-hybridized carbons (Fsp3) is 0.455. The van der Waals surface area contributed by atoms with Gasteiger partial charge in [0.25, 0.3) is 5.91 Å². The van der Waals surface area contributed by atoms with E-state index in [1.54, 1.807) is 22.9 Å². The Labute approximate surface area is 179 Å². The molecule has 9 nitrogen and oxygen atoms in total. The number of piperidine rings is 1. The first kappa shape index (κ1) is 19.6. The largest absolute Gasteiger partial charge is 0.488 e. The molecule has 2 aliphatic rings. The van der Waals surface area contributed by atoms with E-state index < -0.39 is 0 Å². The lowest BCUT2D eigenvalue weighted by Gasteiger charge is -2.31. The lowest BCUT2D eigenvalue weighted by molar-refractivity contribution is 0.0723. The molecule has 0 N–H and O–H groups in total. The minimum absolute atomic E-state index is 0.0120. The number of carbonyl (C=O) groups excluding carboxylic acids is 1. The third-order valence-corrected chi connectivity index (χ3v) is 5.87. The predicted octanol–water partition coefficient (Wildman–Crippen LogP) is 2.46. The number of amides is 1. The van der Waals surface area contributed by atoms with Crippen molar-refractivity contribution < 1.29 is 9.53 Å². The SMILES string of the molecule is CCCn1nc2cc(N3CCOc4cc(C(=O)N5CCCCC5)cnc43)ccn2c1=O. The summed E-state index contributed by atoms with van der Waals surface area (Å²) in [6.07, 6.45) is 7.50. The van der Waals surface area contributed by atoms with Gasteiger partial charge in [0.2, 0.25) is 0 Å². The molecule has 0 aromatic carbocycles. The van der Waals surface area contributed by atoms with E-state index in [2.05, 4.69) is 10.1 Å². The van der Waals surface area contributed by atoms with Crippen LogP contribution in [-0.2, 0) is 6.54 Å². The second-order valence-electron chi connectivity index (χ2n) is 8.02. The van der Waals surface area contributed by atoms with Crippen LogP contribution in [-0.4, -0.2) is 56.2 Å². The van der Waals surface area contributed by atoms with Gasteiger partial charge in [0.1, 0.15) is 6.61 Å². The van der Waals surface area contributed by atoms with Crippen molar-refractivity contribution in [1.82, 2.24) is 24.1 Å². The highest BCUT2D eigenvalue weighted by Gasteiger charge is 2.25. The summed E-state index contributed by atoms with van der Waals surface area (Å²) >= 11 is 0. The molecule has 0 saturated carbocycles. The Kier molecular flexibility index (Phi) is 5.09. The molecular weight excluding hydrogens is 396 g/mol. The molecule has 0 bridgehead atoms. The van der Waals surface area contributed by atoms with Crippen molar-refractivity contribution in [3.8, 4) is 5.75 Å². The number of likely N-dealkylation sites (tertiary alicyclic amines) is 1. The minimum atomic E-state index is -0.134. The average molecular weight is 422 g/mol. The molecule has 1 amide bonds. The molecule has 9 heteroatoms. The molecule has 31 heavy (non-hydrogen) atoms. The van der Waals surface area contributed by atoms with Gasteiger partial charge in [0.05, 0.1) is 12.1 Å². The second-order valence-corrected chi connectivity index (χ2v) is 8.02. The van der Waals surface area contributed by atoms with E-state index in [0.717, 1.165) is 38.0 Å². The Morgan fingerprint density at radius 2 is 2.00 bits per heavy atom. The van der Waals surface area contributed by atoms with Gasteiger partial charge in [-0.2, -0.15) is 0 Å². The zero-order valence-corrected chi connectivity index (χ0v) is 17.7. The Bertz CT molecular complexity index is 1180. The van der Waals surface area contributed by atoms with E-state index in [4.69, 9.17) is 4.74 Å². The van der Waals surface area contributed by atoms with Crippen LogP contribution in [0.3, 0.4) is 0 Å². The van der Waals surface area contributed by atoms with E-state index in [0.29, 0.717) is 42.5 Å². The molecule has 162 valence electrons. The van der Waals surface area contributed by atoms with Gasteiger partial charge in [-0.25, -0.2) is 14.5 Å². The number of hydrogen-bond donors (Lipinski definition) is 0. The van der Waals surface area contributed by atoms with Crippen LogP contribution in [0.2, 0.25) is 0 Å². The van der Waals surface area contributed by atoms with Crippen LogP contribution in [0.4, 0.5) is 11.5 Å². The van der Waals surface area contributed by atoms with Crippen LogP contribution < -0.4 is 15.3 Å². The maximum Gasteiger partial charge on any atom is 0.350 e. The quantitative estimate of drug-likeness (QED) is 0.642. The zero-order valence-electron chi connectivity index (χ0n) is 17.7. The summed E-state index contributed by atoms with van der Waals surface area (Å²) in [5.74, 6) is 1.28. The molecule has 3 aromatic rings. The van der Waals surface area contributed by atoms with Crippen LogP contribution in [0.5, 0.6) is 5.75 Å². The van der Waals surface area contributed by atoms with Crippen molar-refractivity contribution in [3.63, 3.8) is 0 Å². The van der Waals surface area contributed by atoms with Crippen molar-refractivity contribution in [1.29, 1.82) is 0 Å². The van der Waals surface area contributed by atoms with Gasteiger partial charge in [0.15, 0.2) is 17.2 Å². The summed E-state index contributed by atoms with van der Waals surface area (Å²) in [5, 5.41) is 4.44. The van der Waals surface area contributed by atoms with E-state index in [-0.39, 0.29) is 11.6 Å². The van der Waals surface area contributed by atoms with Gasteiger partial charge in [0, 0.05) is 43.8 Å². The van der Waals surface area contributed by atoms with Crippen molar-refractivity contribution in [3.05, 3.63) is 46.6 Å². The van der Waals surface area contributed by atoms with Crippen molar-refractivity contribution in [2.75, 3.05) is 31.1 Å².